The number of rotatable bonds is 5. The number of hydrogen-bond donors (Lipinski definition) is 0. The van der Waals surface area contributed by atoms with Crippen LogP contribution in [0, 0.1) is 17.1 Å². The fraction of sp³-hybridized carbons (Fsp3) is 0.214. The van der Waals surface area contributed by atoms with Gasteiger partial charge in [-0.25, -0.2) is 9.37 Å². The highest BCUT2D eigenvalue weighted by Crippen LogP contribution is 2.26. The summed E-state index contributed by atoms with van der Waals surface area (Å²) in [6, 6.07) is 7.22. The number of aromatic nitrogens is 2. The van der Waals surface area contributed by atoms with Crippen LogP contribution in [0.2, 0.25) is 5.15 Å². The molecular weight excluding hydrogens is 297 g/mol. The molecule has 0 N–H and O–H groups in total. The van der Waals surface area contributed by atoms with Gasteiger partial charge in [-0.2, -0.15) is 10.2 Å². The number of hydrogen-bond acceptors (Lipinski definition) is 5. The standard InChI is InChI=1S/C14H11ClFN3O2/c1-2-20-8-13-18-12(15)6-14(19-13)21-11-5-3-4-10(16)9(11)7-17/h3-6H,2,8H2,1H3. The molecule has 0 bridgehead atoms. The summed E-state index contributed by atoms with van der Waals surface area (Å²) < 4.78 is 24.1. The SMILES string of the molecule is CCOCc1nc(Cl)cc(Oc2cccc(F)c2C#N)n1. The van der Waals surface area contributed by atoms with E-state index >= 15 is 0 Å². The second-order valence-electron chi connectivity index (χ2n) is 3.91. The third-order valence-electron chi connectivity index (χ3n) is 2.45. The predicted molar refractivity (Wildman–Crippen MR) is 73.6 cm³/mol. The van der Waals surface area contributed by atoms with E-state index in [0.29, 0.717) is 12.4 Å². The average molecular weight is 308 g/mol. The second-order valence-corrected chi connectivity index (χ2v) is 4.30. The molecular formula is C14H11ClFN3O2. The lowest BCUT2D eigenvalue weighted by molar-refractivity contribution is 0.128. The van der Waals surface area contributed by atoms with Gasteiger partial charge in [-0.05, 0) is 19.1 Å². The van der Waals surface area contributed by atoms with E-state index in [1.807, 2.05) is 6.92 Å². The molecule has 1 aromatic carbocycles. The molecule has 0 aliphatic rings. The molecule has 0 saturated heterocycles. The van der Waals surface area contributed by atoms with E-state index in [0.717, 1.165) is 0 Å². The van der Waals surface area contributed by atoms with Gasteiger partial charge in [-0.3, -0.25) is 0 Å². The van der Waals surface area contributed by atoms with Crippen LogP contribution in [0.4, 0.5) is 4.39 Å². The molecule has 7 heteroatoms. The van der Waals surface area contributed by atoms with Crippen LogP contribution in [-0.4, -0.2) is 16.6 Å². The maximum atomic E-state index is 13.5. The van der Waals surface area contributed by atoms with Crippen LogP contribution in [0.25, 0.3) is 0 Å². The van der Waals surface area contributed by atoms with Crippen LogP contribution in [0.5, 0.6) is 11.6 Å². The highest BCUT2D eigenvalue weighted by Gasteiger charge is 2.12. The van der Waals surface area contributed by atoms with E-state index < -0.39 is 5.82 Å². The maximum absolute atomic E-state index is 13.5. The van der Waals surface area contributed by atoms with E-state index in [4.69, 9.17) is 26.3 Å². The largest absolute Gasteiger partial charge is 0.437 e. The van der Waals surface area contributed by atoms with Gasteiger partial charge in [0.2, 0.25) is 5.88 Å². The van der Waals surface area contributed by atoms with Crippen LogP contribution >= 0.6 is 11.6 Å². The minimum absolute atomic E-state index is 0.0645. The molecule has 0 aliphatic heterocycles. The van der Waals surface area contributed by atoms with Gasteiger partial charge in [0.05, 0.1) is 0 Å². The van der Waals surface area contributed by atoms with Gasteiger partial charge in [0, 0.05) is 12.7 Å². The first-order valence-corrected chi connectivity index (χ1v) is 6.49. The smallest absolute Gasteiger partial charge is 0.224 e. The van der Waals surface area contributed by atoms with Crippen LogP contribution in [0.1, 0.15) is 18.3 Å². The molecule has 0 fully saturated rings. The summed E-state index contributed by atoms with van der Waals surface area (Å²) in [4.78, 5) is 8.08. The van der Waals surface area contributed by atoms with Crippen molar-refractivity contribution in [1.29, 1.82) is 5.26 Å². The topological polar surface area (TPSA) is 68.0 Å². The highest BCUT2D eigenvalue weighted by atomic mass is 35.5. The molecule has 1 aromatic heterocycles. The van der Waals surface area contributed by atoms with Crippen LogP contribution in [0.15, 0.2) is 24.3 Å². The Bertz CT molecular complexity index is 688. The summed E-state index contributed by atoms with van der Waals surface area (Å²) in [7, 11) is 0. The fourth-order valence-electron chi connectivity index (χ4n) is 1.56. The van der Waals surface area contributed by atoms with Crippen LogP contribution in [0.3, 0.4) is 0 Å². The third-order valence-corrected chi connectivity index (χ3v) is 2.65. The molecule has 2 rings (SSSR count). The zero-order chi connectivity index (χ0) is 15.2. The number of benzene rings is 1. The molecule has 0 aliphatic carbocycles. The minimum Gasteiger partial charge on any atom is -0.437 e. The molecule has 0 unspecified atom stereocenters. The Morgan fingerprint density at radius 3 is 2.90 bits per heavy atom. The number of halogens is 2. The Labute approximate surface area is 125 Å². The van der Waals surface area contributed by atoms with E-state index in [9.17, 15) is 4.39 Å². The first kappa shape index (κ1) is 15.2. The van der Waals surface area contributed by atoms with Crippen molar-refractivity contribution >= 4 is 11.6 Å². The maximum Gasteiger partial charge on any atom is 0.224 e. The summed E-state index contributed by atoms with van der Waals surface area (Å²) in [5.41, 5.74) is -0.196. The molecule has 0 radical (unpaired) electrons. The van der Waals surface area contributed by atoms with E-state index in [1.165, 1.54) is 24.3 Å². The van der Waals surface area contributed by atoms with Gasteiger partial charge in [0.1, 0.15) is 35.0 Å². The Kier molecular flexibility index (Phi) is 5.04. The molecule has 0 atom stereocenters. The zero-order valence-corrected chi connectivity index (χ0v) is 11.9. The molecule has 108 valence electrons. The normalized spacial score (nSPS) is 10.2. The molecule has 5 nitrogen and oxygen atoms in total. The number of nitrogens with zero attached hydrogens (tertiary/aromatic N) is 3. The van der Waals surface area contributed by atoms with Crippen molar-refractivity contribution in [2.24, 2.45) is 0 Å². The van der Waals surface area contributed by atoms with Gasteiger partial charge in [0.15, 0.2) is 5.82 Å². The van der Waals surface area contributed by atoms with Gasteiger partial charge in [0.25, 0.3) is 0 Å². The first-order chi connectivity index (χ1) is 10.1. The number of nitriles is 1. The van der Waals surface area contributed by atoms with Crippen molar-refractivity contribution in [3.63, 3.8) is 0 Å². The summed E-state index contributed by atoms with van der Waals surface area (Å²) in [5.74, 6) is -0.139. The van der Waals surface area contributed by atoms with Crippen molar-refractivity contribution in [2.45, 2.75) is 13.5 Å². The van der Waals surface area contributed by atoms with Crippen molar-refractivity contribution in [2.75, 3.05) is 6.61 Å². The van der Waals surface area contributed by atoms with Gasteiger partial charge in [-0.1, -0.05) is 17.7 Å². The lowest BCUT2D eigenvalue weighted by atomic mass is 10.2. The molecule has 0 amide bonds. The van der Waals surface area contributed by atoms with Crippen molar-refractivity contribution < 1.29 is 13.9 Å². The lowest BCUT2D eigenvalue weighted by Crippen LogP contribution is -2.01. The van der Waals surface area contributed by atoms with Gasteiger partial charge < -0.3 is 9.47 Å². The quantitative estimate of drug-likeness (QED) is 0.791. The molecule has 21 heavy (non-hydrogen) atoms. The monoisotopic (exact) mass is 307 g/mol. The molecule has 0 saturated carbocycles. The summed E-state index contributed by atoms with van der Waals surface area (Å²) in [6.07, 6.45) is 0. The van der Waals surface area contributed by atoms with E-state index in [-0.39, 0.29) is 29.0 Å². The fourth-order valence-corrected chi connectivity index (χ4v) is 1.75. The summed E-state index contributed by atoms with van der Waals surface area (Å²) in [5, 5.41) is 9.12. The van der Waals surface area contributed by atoms with Crippen LogP contribution in [-0.2, 0) is 11.3 Å². The first-order valence-electron chi connectivity index (χ1n) is 6.11. The second kappa shape index (κ2) is 6.97. The summed E-state index contributed by atoms with van der Waals surface area (Å²) in [6.45, 7) is 2.53. The zero-order valence-electron chi connectivity index (χ0n) is 11.1. The van der Waals surface area contributed by atoms with E-state index in [1.54, 1.807) is 6.07 Å². The third kappa shape index (κ3) is 3.88. The Morgan fingerprint density at radius 2 is 2.19 bits per heavy atom. The Balaban J connectivity index is 2.30. The molecule has 0 spiro atoms. The lowest BCUT2D eigenvalue weighted by Gasteiger charge is -2.08. The summed E-state index contributed by atoms with van der Waals surface area (Å²) >= 11 is 5.87. The Hall–Kier alpha value is -2.23. The number of ether oxygens (including phenoxy) is 2. The van der Waals surface area contributed by atoms with Gasteiger partial charge >= 0.3 is 0 Å². The van der Waals surface area contributed by atoms with Crippen LogP contribution < -0.4 is 4.74 Å². The molecule has 2 aromatic rings. The Morgan fingerprint density at radius 1 is 1.38 bits per heavy atom. The minimum atomic E-state index is -0.662. The van der Waals surface area contributed by atoms with E-state index in [2.05, 4.69) is 9.97 Å². The molecule has 1 heterocycles. The highest BCUT2D eigenvalue weighted by molar-refractivity contribution is 6.29. The van der Waals surface area contributed by atoms with Gasteiger partial charge in [-0.15, -0.1) is 0 Å². The van der Waals surface area contributed by atoms with Crippen molar-refractivity contribution in [1.82, 2.24) is 9.97 Å². The van der Waals surface area contributed by atoms with Crippen molar-refractivity contribution in [3.05, 3.63) is 46.6 Å². The average Bonchev–Trinajstić information content (AvgIpc) is 2.45. The predicted octanol–water partition coefficient (Wildman–Crippen LogP) is 3.47. The van der Waals surface area contributed by atoms with Crippen molar-refractivity contribution in [3.8, 4) is 17.7 Å².